The maximum Gasteiger partial charge on any atom is 0.219 e. The summed E-state index contributed by atoms with van der Waals surface area (Å²) in [6, 6.07) is 5.43. The monoisotopic (exact) mass is 448 g/mol. The number of rotatable bonds is 14. The number of benzene rings is 1. The van der Waals surface area contributed by atoms with E-state index in [2.05, 4.69) is 21.6 Å². The molecule has 0 spiro atoms. The van der Waals surface area contributed by atoms with Gasteiger partial charge in [-0.25, -0.2) is 0 Å². The summed E-state index contributed by atoms with van der Waals surface area (Å²) in [6.07, 6.45) is 4.82. The van der Waals surface area contributed by atoms with Crippen molar-refractivity contribution in [3.05, 3.63) is 29.3 Å². The van der Waals surface area contributed by atoms with Crippen LogP contribution >= 0.6 is 11.8 Å². The first-order chi connectivity index (χ1) is 15.1. The second kappa shape index (κ2) is 14.3. The molecule has 1 aliphatic rings. The third kappa shape index (κ3) is 8.73. The number of piperazine rings is 1. The van der Waals surface area contributed by atoms with Gasteiger partial charge >= 0.3 is 0 Å². The van der Waals surface area contributed by atoms with E-state index in [4.69, 9.17) is 0 Å². The van der Waals surface area contributed by atoms with Crippen LogP contribution in [0.1, 0.15) is 41.6 Å². The molecule has 1 heterocycles. The quantitative estimate of drug-likeness (QED) is 0.255. The molecule has 1 aromatic rings. The van der Waals surface area contributed by atoms with Gasteiger partial charge in [0.25, 0.3) is 0 Å². The molecular formula is C23H36N4O3S. The number of hydrogen-bond acceptors (Lipinski definition) is 7. The average molecular weight is 449 g/mol. The van der Waals surface area contributed by atoms with Crippen molar-refractivity contribution >= 4 is 30.2 Å². The Hall–Kier alpha value is -1.74. The maximum atomic E-state index is 11.6. The van der Waals surface area contributed by atoms with Crippen molar-refractivity contribution in [3.8, 4) is 0 Å². The molecule has 0 aromatic heterocycles. The summed E-state index contributed by atoms with van der Waals surface area (Å²) in [5.74, 6) is 0.921. The van der Waals surface area contributed by atoms with E-state index in [0.29, 0.717) is 24.9 Å². The number of thioether (sulfide) groups is 1. The van der Waals surface area contributed by atoms with Crippen LogP contribution < -0.4 is 10.6 Å². The fraction of sp³-hybridized carbons (Fsp3) is 0.609. The lowest BCUT2D eigenvalue weighted by Crippen LogP contribution is -2.43. The molecule has 0 aliphatic carbocycles. The van der Waals surface area contributed by atoms with Gasteiger partial charge in [-0.05, 0) is 50.2 Å². The summed E-state index contributed by atoms with van der Waals surface area (Å²) in [7, 11) is 3.46. The first kappa shape index (κ1) is 25.5. The predicted octanol–water partition coefficient (Wildman–Crippen LogP) is 1.80. The normalized spacial score (nSPS) is 15.6. The zero-order chi connectivity index (χ0) is 22.5. The average Bonchev–Trinajstić information content (AvgIpc) is 2.80. The number of carbonyl (C=O) groups excluding carboxylic acids is 3. The van der Waals surface area contributed by atoms with Crippen molar-refractivity contribution < 1.29 is 14.4 Å². The van der Waals surface area contributed by atoms with Gasteiger partial charge < -0.3 is 20.3 Å². The van der Waals surface area contributed by atoms with Gasteiger partial charge in [0.15, 0.2) is 0 Å². The Morgan fingerprint density at radius 1 is 1.29 bits per heavy atom. The number of carbonyl (C=O) groups is 3. The zero-order valence-electron chi connectivity index (χ0n) is 18.8. The van der Waals surface area contributed by atoms with Crippen LogP contribution in [0, 0.1) is 0 Å². The second-order valence-electron chi connectivity index (χ2n) is 7.92. The van der Waals surface area contributed by atoms with Gasteiger partial charge in [0, 0.05) is 56.7 Å². The topological polar surface area (TPSA) is 81.8 Å². The van der Waals surface area contributed by atoms with Gasteiger partial charge in [-0.1, -0.05) is 12.1 Å². The Morgan fingerprint density at radius 2 is 2.06 bits per heavy atom. The van der Waals surface area contributed by atoms with E-state index in [1.807, 2.05) is 24.1 Å². The number of unbranched alkanes of at least 4 members (excludes halogenated alkanes) is 1. The van der Waals surface area contributed by atoms with Crippen LogP contribution in [0.25, 0.3) is 0 Å². The highest BCUT2D eigenvalue weighted by atomic mass is 32.2. The summed E-state index contributed by atoms with van der Waals surface area (Å²) in [5.41, 5.74) is 1.62. The summed E-state index contributed by atoms with van der Waals surface area (Å²) in [4.78, 5) is 40.3. The molecule has 1 aromatic carbocycles. The predicted molar refractivity (Wildman–Crippen MR) is 126 cm³/mol. The summed E-state index contributed by atoms with van der Waals surface area (Å²) >= 11 is 1.78. The molecule has 1 aliphatic heterocycles. The van der Waals surface area contributed by atoms with Crippen LogP contribution in [0.3, 0.4) is 0 Å². The highest BCUT2D eigenvalue weighted by molar-refractivity contribution is 7.99. The minimum Gasteiger partial charge on any atom is -0.359 e. The van der Waals surface area contributed by atoms with Crippen LogP contribution in [-0.4, -0.2) is 86.9 Å². The van der Waals surface area contributed by atoms with Gasteiger partial charge in [0.1, 0.15) is 12.6 Å². The minimum absolute atomic E-state index is 0.0781. The van der Waals surface area contributed by atoms with Crippen molar-refractivity contribution in [1.82, 2.24) is 20.4 Å². The molecule has 1 amide bonds. The molecule has 1 atom stereocenters. The largest absolute Gasteiger partial charge is 0.359 e. The highest BCUT2D eigenvalue weighted by Gasteiger charge is 2.19. The van der Waals surface area contributed by atoms with Crippen LogP contribution in [0.5, 0.6) is 0 Å². The van der Waals surface area contributed by atoms with Crippen molar-refractivity contribution in [2.24, 2.45) is 0 Å². The van der Waals surface area contributed by atoms with Crippen molar-refractivity contribution in [3.63, 3.8) is 0 Å². The van der Waals surface area contributed by atoms with E-state index in [-0.39, 0.29) is 11.9 Å². The molecule has 0 bridgehead atoms. The van der Waals surface area contributed by atoms with Crippen molar-refractivity contribution in [2.75, 3.05) is 52.6 Å². The number of likely N-dealkylation sites (N-methyl/N-ethyl adjacent to an activating group) is 1. The molecule has 172 valence electrons. The van der Waals surface area contributed by atoms with Crippen molar-refractivity contribution in [1.29, 1.82) is 0 Å². The van der Waals surface area contributed by atoms with Gasteiger partial charge in [-0.15, -0.1) is 11.8 Å². The minimum atomic E-state index is -0.367. The third-order valence-electron chi connectivity index (χ3n) is 5.71. The van der Waals surface area contributed by atoms with E-state index < -0.39 is 0 Å². The first-order valence-electron chi connectivity index (χ1n) is 11.1. The first-order valence-corrected chi connectivity index (χ1v) is 12.1. The van der Waals surface area contributed by atoms with Gasteiger partial charge in [-0.3, -0.25) is 14.5 Å². The van der Waals surface area contributed by atoms with E-state index >= 15 is 0 Å². The Kier molecular flexibility index (Phi) is 11.8. The summed E-state index contributed by atoms with van der Waals surface area (Å²) in [6.45, 7) is 6.05. The Labute approximate surface area is 190 Å². The van der Waals surface area contributed by atoms with Crippen LogP contribution in [-0.2, 0) is 16.1 Å². The smallest absolute Gasteiger partial charge is 0.219 e. The number of hydrogen-bond donors (Lipinski definition) is 2. The molecule has 0 saturated carbocycles. The van der Waals surface area contributed by atoms with Crippen LogP contribution in [0.4, 0.5) is 0 Å². The fourth-order valence-electron chi connectivity index (χ4n) is 3.71. The molecular weight excluding hydrogens is 412 g/mol. The molecule has 7 nitrogen and oxygen atoms in total. The van der Waals surface area contributed by atoms with E-state index in [0.717, 1.165) is 67.9 Å². The third-order valence-corrected chi connectivity index (χ3v) is 6.90. The van der Waals surface area contributed by atoms with Gasteiger partial charge in [-0.2, -0.15) is 0 Å². The molecule has 31 heavy (non-hydrogen) atoms. The van der Waals surface area contributed by atoms with Gasteiger partial charge in [0.05, 0.1) is 6.04 Å². The van der Waals surface area contributed by atoms with Crippen LogP contribution in [0.15, 0.2) is 23.1 Å². The zero-order valence-corrected chi connectivity index (χ0v) is 19.6. The molecule has 1 fully saturated rings. The van der Waals surface area contributed by atoms with Crippen molar-refractivity contribution in [2.45, 2.75) is 43.2 Å². The second-order valence-corrected chi connectivity index (χ2v) is 9.06. The Morgan fingerprint density at radius 3 is 2.74 bits per heavy atom. The lowest BCUT2D eigenvalue weighted by atomic mass is 10.1. The SMILES string of the molecule is CNC(=O)CCC(C=O)N(C)Cc1c(C=O)cccc1SCCCCN1CCNCC1. The van der Waals surface area contributed by atoms with Crippen LogP contribution in [0.2, 0.25) is 0 Å². The standard InChI is InChI=1S/C23H36N4O3S/c1-24-23(30)9-8-20(18-29)26(2)16-21-19(17-28)6-5-7-22(21)31-15-4-3-12-27-13-10-25-11-14-27/h5-7,17-18,20,25H,3-4,8-16H2,1-2H3,(H,24,30). The number of nitrogens with zero attached hydrogens (tertiary/aromatic N) is 2. The lowest BCUT2D eigenvalue weighted by molar-refractivity contribution is -0.121. The van der Waals surface area contributed by atoms with E-state index in [1.54, 1.807) is 18.8 Å². The maximum absolute atomic E-state index is 11.6. The molecule has 1 saturated heterocycles. The molecule has 0 radical (unpaired) electrons. The Balaban J connectivity index is 1.91. The molecule has 2 N–H and O–H groups in total. The summed E-state index contributed by atoms with van der Waals surface area (Å²) < 4.78 is 0. The fourth-order valence-corrected chi connectivity index (χ4v) is 4.81. The Bertz CT molecular complexity index is 710. The number of aldehydes is 2. The van der Waals surface area contributed by atoms with Gasteiger partial charge in [0.2, 0.25) is 5.91 Å². The highest BCUT2D eigenvalue weighted by Crippen LogP contribution is 2.27. The summed E-state index contributed by atoms with van der Waals surface area (Å²) in [5, 5.41) is 5.96. The molecule has 8 heteroatoms. The van der Waals surface area contributed by atoms with E-state index in [9.17, 15) is 14.4 Å². The van der Waals surface area contributed by atoms with E-state index in [1.165, 1.54) is 6.42 Å². The number of amides is 1. The molecule has 2 rings (SSSR count). The number of nitrogens with one attached hydrogen (secondary N) is 2. The lowest BCUT2D eigenvalue weighted by Gasteiger charge is -2.27. The molecule has 1 unspecified atom stereocenters.